The number of amides is 1. The van der Waals surface area contributed by atoms with Gasteiger partial charge in [-0.15, -0.1) is 0 Å². The lowest BCUT2D eigenvalue weighted by Gasteiger charge is -2.05. The van der Waals surface area contributed by atoms with Crippen LogP contribution in [0.5, 0.6) is 11.5 Å². The summed E-state index contributed by atoms with van der Waals surface area (Å²) in [7, 11) is 0. The summed E-state index contributed by atoms with van der Waals surface area (Å²) in [5.74, 6) is -0.985. The second-order valence-electron chi connectivity index (χ2n) is 4.62. The van der Waals surface area contributed by atoms with Gasteiger partial charge in [0.25, 0.3) is 5.91 Å². The van der Waals surface area contributed by atoms with E-state index in [2.05, 4.69) is 15.1 Å². The van der Waals surface area contributed by atoms with Gasteiger partial charge in [-0.2, -0.15) is 5.10 Å². The van der Waals surface area contributed by atoms with Crippen LogP contribution in [0.15, 0.2) is 36.9 Å². The zero-order valence-corrected chi connectivity index (χ0v) is 11.7. The number of aliphatic carboxylic acids is 1. The third-order valence-electron chi connectivity index (χ3n) is 3.01. The molecule has 0 saturated carbocycles. The van der Waals surface area contributed by atoms with Crippen LogP contribution >= 0.6 is 0 Å². The van der Waals surface area contributed by atoms with E-state index in [1.165, 1.54) is 23.4 Å². The summed E-state index contributed by atoms with van der Waals surface area (Å²) in [6.07, 6.45) is 4.34. The van der Waals surface area contributed by atoms with Gasteiger partial charge in [0.1, 0.15) is 18.6 Å². The third-order valence-corrected chi connectivity index (χ3v) is 3.01. The number of carbonyl (C=O) groups is 2. The highest BCUT2D eigenvalue weighted by Gasteiger charge is 2.17. The molecule has 0 spiro atoms. The van der Waals surface area contributed by atoms with Gasteiger partial charge in [0, 0.05) is 5.39 Å². The first-order valence-corrected chi connectivity index (χ1v) is 6.49. The minimum atomic E-state index is -1.08. The molecule has 9 heteroatoms. The first-order chi connectivity index (χ1) is 11.0. The first kappa shape index (κ1) is 14.4. The van der Waals surface area contributed by atoms with E-state index in [0.29, 0.717) is 22.4 Å². The van der Waals surface area contributed by atoms with Crippen molar-refractivity contribution < 1.29 is 19.4 Å². The molecule has 0 fully saturated rings. The number of ether oxygens (including phenoxy) is 1. The van der Waals surface area contributed by atoms with Crippen LogP contribution < -0.4 is 10.5 Å². The Morgan fingerprint density at radius 3 is 2.61 bits per heavy atom. The maximum absolute atomic E-state index is 11.5. The largest absolute Gasteiger partial charge is 0.480 e. The second kappa shape index (κ2) is 5.72. The van der Waals surface area contributed by atoms with Crippen molar-refractivity contribution in [3.05, 3.63) is 42.6 Å². The van der Waals surface area contributed by atoms with E-state index in [4.69, 9.17) is 15.6 Å². The number of aromatic nitrogens is 4. The number of nitrogens with zero attached hydrogens (tertiary/aromatic N) is 4. The van der Waals surface area contributed by atoms with Gasteiger partial charge in [-0.1, -0.05) is 0 Å². The molecule has 0 saturated heterocycles. The summed E-state index contributed by atoms with van der Waals surface area (Å²) >= 11 is 0. The molecular weight excluding hydrogens is 302 g/mol. The van der Waals surface area contributed by atoms with Gasteiger partial charge >= 0.3 is 5.97 Å². The Bertz CT molecular complexity index is 891. The monoisotopic (exact) mass is 313 g/mol. The summed E-state index contributed by atoms with van der Waals surface area (Å²) in [6.45, 7) is -0.378. The van der Waals surface area contributed by atoms with Gasteiger partial charge in [0.05, 0.1) is 17.9 Å². The molecule has 0 atom stereocenters. The number of benzene rings is 1. The molecule has 0 aliphatic rings. The average Bonchev–Trinajstić information content (AvgIpc) is 2.86. The summed E-state index contributed by atoms with van der Waals surface area (Å²) in [6, 6.07) is 4.80. The lowest BCUT2D eigenvalue weighted by atomic mass is 10.2. The molecular formula is C14H11N5O4. The van der Waals surface area contributed by atoms with Gasteiger partial charge in [-0.3, -0.25) is 14.3 Å². The predicted octanol–water partition coefficient (Wildman–Crippen LogP) is 0.802. The normalized spacial score (nSPS) is 10.6. The van der Waals surface area contributed by atoms with E-state index >= 15 is 0 Å². The fraction of sp³-hybridized carbons (Fsp3) is 0.0714. The molecule has 0 unspecified atom stereocenters. The Balaban J connectivity index is 2.05. The molecule has 1 amide bonds. The van der Waals surface area contributed by atoms with Gasteiger partial charge in [-0.25, -0.2) is 9.97 Å². The minimum absolute atomic E-state index is 0.0176. The van der Waals surface area contributed by atoms with Gasteiger partial charge in [-0.05, 0) is 18.2 Å². The zero-order valence-electron chi connectivity index (χ0n) is 11.7. The number of carboxylic acids is 1. The molecule has 0 aliphatic heterocycles. The Morgan fingerprint density at radius 2 is 1.96 bits per heavy atom. The molecule has 3 aromatic rings. The maximum atomic E-state index is 11.5. The second-order valence-corrected chi connectivity index (χ2v) is 4.62. The topological polar surface area (TPSA) is 133 Å². The fourth-order valence-electron chi connectivity index (χ4n) is 2.13. The van der Waals surface area contributed by atoms with E-state index in [0.717, 1.165) is 0 Å². The average molecular weight is 313 g/mol. The molecule has 23 heavy (non-hydrogen) atoms. The molecule has 0 radical (unpaired) electrons. The van der Waals surface area contributed by atoms with E-state index in [1.54, 1.807) is 18.2 Å². The molecule has 3 N–H and O–H groups in total. The summed E-state index contributed by atoms with van der Waals surface area (Å²) in [5.41, 5.74) is 5.76. The predicted molar refractivity (Wildman–Crippen MR) is 78.0 cm³/mol. The van der Waals surface area contributed by atoms with Gasteiger partial charge in [0.15, 0.2) is 11.4 Å². The minimum Gasteiger partial charge on any atom is -0.480 e. The summed E-state index contributed by atoms with van der Waals surface area (Å²) < 4.78 is 6.78. The lowest BCUT2D eigenvalue weighted by Crippen LogP contribution is -2.14. The van der Waals surface area contributed by atoms with Crippen LogP contribution in [0, 0.1) is 0 Å². The van der Waals surface area contributed by atoms with Crippen molar-refractivity contribution in [2.75, 3.05) is 0 Å². The van der Waals surface area contributed by atoms with Crippen molar-refractivity contribution >= 4 is 22.8 Å². The Kier molecular flexibility index (Phi) is 3.59. The number of fused-ring (bicyclic) bond motifs is 1. The molecule has 116 valence electrons. The van der Waals surface area contributed by atoms with Gasteiger partial charge in [0.2, 0.25) is 0 Å². The fourth-order valence-corrected chi connectivity index (χ4v) is 2.13. The molecule has 0 bridgehead atoms. The highest BCUT2D eigenvalue weighted by atomic mass is 16.5. The summed E-state index contributed by atoms with van der Waals surface area (Å²) in [5, 5.41) is 13.3. The lowest BCUT2D eigenvalue weighted by molar-refractivity contribution is -0.137. The number of hydrogen-bond acceptors (Lipinski definition) is 6. The number of primary amides is 1. The molecule has 2 heterocycles. The number of carboxylic acid groups (broad SMARTS) is 1. The van der Waals surface area contributed by atoms with Crippen molar-refractivity contribution in [1.82, 2.24) is 19.7 Å². The Labute approximate surface area is 129 Å². The van der Waals surface area contributed by atoms with Crippen molar-refractivity contribution in [3.63, 3.8) is 0 Å². The quantitative estimate of drug-likeness (QED) is 0.711. The third kappa shape index (κ3) is 2.93. The van der Waals surface area contributed by atoms with Crippen LogP contribution in [0.4, 0.5) is 0 Å². The molecule has 1 aromatic carbocycles. The highest BCUT2D eigenvalue weighted by Crippen LogP contribution is 2.27. The number of hydrogen-bond donors (Lipinski definition) is 2. The molecule has 0 aliphatic carbocycles. The van der Waals surface area contributed by atoms with E-state index in [9.17, 15) is 9.59 Å². The van der Waals surface area contributed by atoms with E-state index in [-0.39, 0.29) is 12.2 Å². The number of nitrogens with two attached hydrogens (primary N) is 1. The molecule has 9 nitrogen and oxygen atoms in total. The van der Waals surface area contributed by atoms with E-state index in [1.807, 2.05) is 0 Å². The van der Waals surface area contributed by atoms with Crippen LogP contribution in [-0.4, -0.2) is 36.7 Å². The standard InChI is InChI=1S/C14H11N5O4/c15-14(22)13-10-3-8(23-9-4-16-7-17-5-9)1-2-11(10)19(18-13)6-12(20)21/h1-5,7H,6H2,(H2,15,22)(H,20,21). The van der Waals surface area contributed by atoms with Crippen LogP contribution in [0.1, 0.15) is 10.5 Å². The first-order valence-electron chi connectivity index (χ1n) is 6.49. The zero-order chi connectivity index (χ0) is 16.4. The summed E-state index contributed by atoms with van der Waals surface area (Å²) in [4.78, 5) is 30.1. The molecule has 3 rings (SSSR count). The number of rotatable bonds is 5. The van der Waals surface area contributed by atoms with Crippen LogP contribution in [0.3, 0.4) is 0 Å². The van der Waals surface area contributed by atoms with Crippen LogP contribution in [-0.2, 0) is 11.3 Å². The van der Waals surface area contributed by atoms with Crippen LogP contribution in [0.2, 0.25) is 0 Å². The van der Waals surface area contributed by atoms with Crippen molar-refractivity contribution in [3.8, 4) is 11.5 Å². The van der Waals surface area contributed by atoms with Crippen molar-refractivity contribution in [2.24, 2.45) is 5.73 Å². The van der Waals surface area contributed by atoms with Crippen LogP contribution in [0.25, 0.3) is 10.9 Å². The maximum Gasteiger partial charge on any atom is 0.325 e. The Morgan fingerprint density at radius 1 is 1.22 bits per heavy atom. The van der Waals surface area contributed by atoms with Crippen molar-refractivity contribution in [1.29, 1.82) is 0 Å². The van der Waals surface area contributed by atoms with Crippen molar-refractivity contribution in [2.45, 2.75) is 6.54 Å². The number of carbonyl (C=O) groups excluding carboxylic acids is 1. The molecule has 2 aromatic heterocycles. The van der Waals surface area contributed by atoms with Gasteiger partial charge < -0.3 is 15.6 Å². The highest BCUT2D eigenvalue weighted by molar-refractivity contribution is 6.04. The van der Waals surface area contributed by atoms with E-state index < -0.39 is 11.9 Å². The SMILES string of the molecule is NC(=O)c1nn(CC(=O)O)c2ccc(Oc3cncnc3)cc12. The smallest absolute Gasteiger partial charge is 0.325 e. The Hall–Kier alpha value is -3.49.